The van der Waals surface area contributed by atoms with Crippen LogP contribution in [0.3, 0.4) is 0 Å². The number of nitrogens with two attached hydrogens (primary N) is 1. The van der Waals surface area contributed by atoms with Crippen molar-refractivity contribution < 1.29 is 4.79 Å². The lowest BCUT2D eigenvalue weighted by Gasteiger charge is -2.20. The first-order chi connectivity index (χ1) is 7.93. The molecule has 1 amide bonds. The first-order valence-corrected chi connectivity index (χ1v) is 6.11. The fourth-order valence-electron chi connectivity index (χ4n) is 1.52. The Bertz CT molecular complexity index is 393. The van der Waals surface area contributed by atoms with Crippen molar-refractivity contribution in [3.63, 3.8) is 0 Å². The van der Waals surface area contributed by atoms with E-state index in [1.54, 1.807) is 0 Å². The van der Waals surface area contributed by atoms with Crippen molar-refractivity contribution in [3.8, 4) is 0 Å². The average Bonchev–Trinajstić information content (AvgIpc) is 2.28. The molecule has 0 fully saturated rings. The molecule has 3 nitrogen and oxygen atoms in total. The molecular weight excluding hydrogens is 236 g/mol. The van der Waals surface area contributed by atoms with Crippen LogP contribution in [0.2, 0.25) is 5.02 Å². The number of benzene rings is 1. The van der Waals surface area contributed by atoms with Crippen LogP contribution in [-0.2, 0) is 4.79 Å². The lowest BCUT2D eigenvalue weighted by atomic mass is 10.0. The van der Waals surface area contributed by atoms with Gasteiger partial charge in [-0.1, -0.05) is 43.6 Å². The van der Waals surface area contributed by atoms with Gasteiger partial charge in [-0.05, 0) is 24.5 Å². The SMILES string of the molecule is CC(NC(=O)[C@@H](N)C(C)C)c1ccccc1Cl. The van der Waals surface area contributed by atoms with E-state index in [0.717, 1.165) is 5.56 Å². The van der Waals surface area contributed by atoms with Gasteiger partial charge in [0.15, 0.2) is 0 Å². The van der Waals surface area contributed by atoms with Crippen LogP contribution < -0.4 is 11.1 Å². The third-order valence-corrected chi connectivity index (χ3v) is 3.10. The molecule has 1 unspecified atom stereocenters. The Hall–Kier alpha value is -1.06. The third kappa shape index (κ3) is 3.72. The van der Waals surface area contributed by atoms with Gasteiger partial charge in [-0.3, -0.25) is 4.79 Å². The summed E-state index contributed by atoms with van der Waals surface area (Å²) in [5, 5.41) is 3.52. The molecule has 1 rings (SSSR count). The number of carbonyl (C=O) groups excluding carboxylic acids is 1. The largest absolute Gasteiger partial charge is 0.348 e. The molecule has 3 N–H and O–H groups in total. The molecule has 1 aromatic rings. The summed E-state index contributed by atoms with van der Waals surface area (Å²) < 4.78 is 0. The Morgan fingerprint density at radius 1 is 1.29 bits per heavy atom. The van der Waals surface area contributed by atoms with Crippen LogP contribution in [0.25, 0.3) is 0 Å². The van der Waals surface area contributed by atoms with Gasteiger partial charge in [-0.25, -0.2) is 0 Å². The monoisotopic (exact) mass is 254 g/mol. The molecule has 2 atom stereocenters. The van der Waals surface area contributed by atoms with Crippen molar-refractivity contribution in [2.24, 2.45) is 11.7 Å². The average molecular weight is 255 g/mol. The minimum atomic E-state index is -0.486. The molecule has 0 spiro atoms. The highest BCUT2D eigenvalue weighted by atomic mass is 35.5. The molecule has 0 saturated heterocycles. The van der Waals surface area contributed by atoms with E-state index in [-0.39, 0.29) is 17.9 Å². The zero-order valence-electron chi connectivity index (χ0n) is 10.4. The molecule has 0 aromatic heterocycles. The first-order valence-electron chi connectivity index (χ1n) is 5.74. The number of nitrogens with one attached hydrogen (secondary N) is 1. The number of amides is 1. The van der Waals surface area contributed by atoms with Crippen LogP contribution >= 0.6 is 11.6 Å². The molecule has 0 radical (unpaired) electrons. The highest BCUT2D eigenvalue weighted by Gasteiger charge is 2.20. The van der Waals surface area contributed by atoms with Crippen LogP contribution in [0.5, 0.6) is 0 Å². The van der Waals surface area contributed by atoms with Gasteiger partial charge >= 0.3 is 0 Å². The predicted octanol–water partition coefficient (Wildman–Crippen LogP) is 2.50. The molecule has 94 valence electrons. The minimum Gasteiger partial charge on any atom is -0.348 e. The van der Waals surface area contributed by atoms with Crippen molar-refractivity contribution >= 4 is 17.5 Å². The Morgan fingerprint density at radius 2 is 1.88 bits per heavy atom. The summed E-state index contributed by atoms with van der Waals surface area (Å²) in [5.41, 5.74) is 6.68. The second-order valence-electron chi connectivity index (χ2n) is 4.52. The van der Waals surface area contributed by atoms with Crippen LogP contribution in [0, 0.1) is 5.92 Å². The highest BCUT2D eigenvalue weighted by molar-refractivity contribution is 6.31. The van der Waals surface area contributed by atoms with Crippen molar-refractivity contribution in [2.75, 3.05) is 0 Å². The lowest BCUT2D eigenvalue weighted by Crippen LogP contribution is -2.44. The molecule has 0 saturated carbocycles. The maximum absolute atomic E-state index is 11.8. The van der Waals surface area contributed by atoms with E-state index in [4.69, 9.17) is 17.3 Å². The van der Waals surface area contributed by atoms with Crippen molar-refractivity contribution in [3.05, 3.63) is 34.9 Å². The predicted molar refractivity (Wildman–Crippen MR) is 70.8 cm³/mol. The van der Waals surface area contributed by atoms with Crippen LogP contribution in [0.1, 0.15) is 32.4 Å². The summed E-state index contributed by atoms with van der Waals surface area (Å²) in [7, 11) is 0. The van der Waals surface area contributed by atoms with Gasteiger partial charge in [0.25, 0.3) is 0 Å². The van der Waals surface area contributed by atoms with Gasteiger partial charge < -0.3 is 11.1 Å². The summed E-state index contributed by atoms with van der Waals surface area (Å²) in [6, 6.07) is 6.84. The Morgan fingerprint density at radius 3 is 2.41 bits per heavy atom. The van der Waals surface area contributed by atoms with E-state index >= 15 is 0 Å². The number of carbonyl (C=O) groups is 1. The fourth-order valence-corrected chi connectivity index (χ4v) is 1.82. The van der Waals surface area contributed by atoms with E-state index < -0.39 is 6.04 Å². The van der Waals surface area contributed by atoms with Crippen molar-refractivity contribution in [1.82, 2.24) is 5.32 Å². The Balaban J connectivity index is 2.70. The maximum Gasteiger partial charge on any atom is 0.237 e. The quantitative estimate of drug-likeness (QED) is 0.868. The number of hydrogen-bond donors (Lipinski definition) is 2. The standard InChI is InChI=1S/C13H19ClN2O/c1-8(2)12(15)13(17)16-9(3)10-6-4-5-7-11(10)14/h4-9,12H,15H2,1-3H3,(H,16,17)/t9?,12-/m0/s1. The van der Waals surface area contributed by atoms with E-state index in [1.807, 2.05) is 45.0 Å². The molecule has 17 heavy (non-hydrogen) atoms. The van der Waals surface area contributed by atoms with Crippen molar-refractivity contribution in [1.29, 1.82) is 0 Å². The number of hydrogen-bond acceptors (Lipinski definition) is 2. The topological polar surface area (TPSA) is 55.1 Å². The second kappa shape index (κ2) is 6.03. The molecule has 0 heterocycles. The summed E-state index contributed by atoms with van der Waals surface area (Å²) in [5.74, 6) is -0.0270. The van der Waals surface area contributed by atoms with Crippen LogP contribution in [-0.4, -0.2) is 11.9 Å². The fraction of sp³-hybridized carbons (Fsp3) is 0.462. The van der Waals surface area contributed by atoms with Crippen LogP contribution in [0.4, 0.5) is 0 Å². The third-order valence-electron chi connectivity index (χ3n) is 2.75. The zero-order valence-corrected chi connectivity index (χ0v) is 11.2. The molecule has 1 aromatic carbocycles. The normalized spacial score (nSPS) is 14.5. The molecule has 0 aliphatic rings. The van der Waals surface area contributed by atoms with Crippen molar-refractivity contribution in [2.45, 2.75) is 32.9 Å². The van der Waals surface area contributed by atoms with Gasteiger partial charge in [0.05, 0.1) is 12.1 Å². The summed E-state index contributed by atoms with van der Waals surface area (Å²) in [4.78, 5) is 11.8. The second-order valence-corrected chi connectivity index (χ2v) is 4.93. The highest BCUT2D eigenvalue weighted by Crippen LogP contribution is 2.22. The van der Waals surface area contributed by atoms with E-state index in [2.05, 4.69) is 5.32 Å². The summed E-state index contributed by atoms with van der Waals surface area (Å²) in [6.45, 7) is 5.74. The van der Waals surface area contributed by atoms with E-state index in [9.17, 15) is 4.79 Å². The summed E-state index contributed by atoms with van der Waals surface area (Å²) >= 11 is 6.06. The Kier molecular flexibility index (Phi) is 4.97. The minimum absolute atomic E-state index is 0.119. The Labute approximate surface area is 107 Å². The zero-order chi connectivity index (χ0) is 13.0. The molecule has 0 aliphatic heterocycles. The van der Waals surface area contributed by atoms with E-state index in [1.165, 1.54) is 0 Å². The van der Waals surface area contributed by atoms with Gasteiger partial charge in [0.1, 0.15) is 0 Å². The first kappa shape index (κ1) is 14.0. The maximum atomic E-state index is 11.8. The van der Waals surface area contributed by atoms with Gasteiger partial charge in [-0.15, -0.1) is 0 Å². The van der Waals surface area contributed by atoms with Crippen LogP contribution in [0.15, 0.2) is 24.3 Å². The summed E-state index contributed by atoms with van der Waals surface area (Å²) in [6.07, 6.45) is 0. The lowest BCUT2D eigenvalue weighted by molar-refractivity contribution is -0.123. The molecule has 0 aliphatic carbocycles. The van der Waals surface area contributed by atoms with Gasteiger partial charge in [0, 0.05) is 5.02 Å². The number of rotatable bonds is 4. The smallest absolute Gasteiger partial charge is 0.237 e. The molecule has 0 bridgehead atoms. The molecule has 4 heteroatoms. The molecular formula is C13H19ClN2O. The number of halogens is 1. The van der Waals surface area contributed by atoms with E-state index in [0.29, 0.717) is 5.02 Å². The van der Waals surface area contributed by atoms with Gasteiger partial charge in [0.2, 0.25) is 5.91 Å². The van der Waals surface area contributed by atoms with Gasteiger partial charge in [-0.2, -0.15) is 0 Å².